The molecule has 4 nitrogen and oxygen atoms in total. The van der Waals surface area contributed by atoms with Crippen LogP contribution in [0.4, 0.5) is 5.13 Å². The Bertz CT molecular complexity index is 358. The van der Waals surface area contributed by atoms with E-state index in [2.05, 4.69) is 9.88 Å². The third kappa shape index (κ3) is 2.18. The van der Waals surface area contributed by atoms with Gasteiger partial charge in [-0.1, -0.05) is 11.3 Å². The molecule has 0 aromatic carbocycles. The summed E-state index contributed by atoms with van der Waals surface area (Å²) in [5.41, 5.74) is 0. The number of thiazole rings is 1. The van der Waals surface area contributed by atoms with Crippen LogP contribution in [0.1, 0.15) is 23.0 Å². The molecule has 2 heterocycles. The Labute approximate surface area is 92.9 Å². The van der Waals surface area contributed by atoms with E-state index in [1.165, 1.54) is 11.3 Å². The van der Waals surface area contributed by atoms with Gasteiger partial charge in [-0.2, -0.15) is 0 Å². The minimum Gasteiger partial charge on any atom is -0.379 e. The summed E-state index contributed by atoms with van der Waals surface area (Å²) in [6.45, 7) is 3.14. The summed E-state index contributed by atoms with van der Waals surface area (Å²) in [7, 11) is 2.00. The van der Waals surface area contributed by atoms with Gasteiger partial charge in [0.25, 0.3) is 0 Å². The van der Waals surface area contributed by atoms with Gasteiger partial charge in [-0.25, -0.2) is 4.98 Å². The predicted molar refractivity (Wildman–Crippen MR) is 59.7 cm³/mol. The Hall–Kier alpha value is -0.940. The molecule has 1 atom stereocenters. The lowest BCUT2D eigenvalue weighted by molar-refractivity contribution is 0.102. The van der Waals surface area contributed by atoms with Crippen molar-refractivity contribution < 1.29 is 9.53 Å². The quantitative estimate of drug-likeness (QED) is 0.734. The smallest absolute Gasteiger partial charge is 0.186 e. The van der Waals surface area contributed by atoms with Crippen molar-refractivity contribution in [2.75, 3.05) is 25.2 Å². The monoisotopic (exact) mass is 226 g/mol. The summed E-state index contributed by atoms with van der Waals surface area (Å²) >= 11 is 1.45. The van der Waals surface area contributed by atoms with Gasteiger partial charge in [0, 0.05) is 20.6 Å². The minimum absolute atomic E-state index is 0.0785. The number of hydrogen-bond donors (Lipinski definition) is 0. The van der Waals surface area contributed by atoms with Crippen LogP contribution < -0.4 is 4.90 Å². The summed E-state index contributed by atoms with van der Waals surface area (Å²) in [6.07, 6.45) is 2.68. The molecule has 1 aliphatic rings. The maximum absolute atomic E-state index is 11.1. The number of rotatable bonds is 3. The van der Waals surface area contributed by atoms with E-state index >= 15 is 0 Å². The second-order valence-electron chi connectivity index (χ2n) is 3.69. The summed E-state index contributed by atoms with van der Waals surface area (Å²) in [6, 6.07) is 0.399. The average molecular weight is 226 g/mol. The highest BCUT2D eigenvalue weighted by atomic mass is 32.1. The van der Waals surface area contributed by atoms with Crippen LogP contribution in [0.3, 0.4) is 0 Å². The van der Waals surface area contributed by atoms with E-state index in [1.54, 1.807) is 13.1 Å². The molecule has 2 rings (SSSR count). The molecule has 0 radical (unpaired) electrons. The van der Waals surface area contributed by atoms with Gasteiger partial charge < -0.3 is 9.64 Å². The molecule has 1 saturated heterocycles. The van der Waals surface area contributed by atoms with Crippen molar-refractivity contribution in [1.29, 1.82) is 0 Å². The standard InChI is InChI=1S/C10H14N2O2S/c1-7(13)9-5-11-10(15-9)12(2)8-3-4-14-6-8/h5,8H,3-4,6H2,1-2H3. The number of anilines is 1. The molecular weight excluding hydrogens is 212 g/mol. The van der Waals surface area contributed by atoms with Crippen molar-refractivity contribution in [3.63, 3.8) is 0 Å². The second kappa shape index (κ2) is 4.28. The van der Waals surface area contributed by atoms with Crippen LogP contribution in [0.25, 0.3) is 0 Å². The van der Waals surface area contributed by atoms with Crippen molar-refractivity contribution in [2.24, 2.45) is 0 Å². The molecule has 0 aliphatic carbocycles. The molecule has 0 amide bonds. The number of hydrogen-bond acceptors (Lipinski definition) is 5. The van der Waals surface area contributed by atoms with Crippen molar-refractivity contribution in [2.45, 2.75) is 19.4 Å². The van der Waals surface area contributed by atoms with E-state index in [-0.39, 0.29) is 5.78 Å². The summed E-state index contributed by atoms with van der Waals surface area (Å²) in [5, 5.41) is 0.899. The molecule has 0 saturated carbocycles. The second-order valence-corrected chi connectivity index (χ2v) is 4.70. The van der Waals surface area contributed by atoms with Crippen molar-refractivity contribution >= 4 is 22.3 Å². The Morgan fingerprint density at radius 3 is 3.07 bits per heavy atom. The van der Waals surface area contributed by atoms with E-state index in [4.69, 9.17) is 4.74 Å². The van der Waals surface area contributed by atoms with E-state index in [0.717, 1.165) is 29.6 Å². The molecule has 0 spiro atoms. The molecule has 15 heavy (non-hydrogen) atoms. The average Bonchev–Trinajstić information content (AvgIpc) is 2.88. The van der Waals surface area contributed by atoms with Crippen LogP contribution in [-0.2, 0) is 4.74 Å². The lowest BCUT2D eigenvalue weighted by Crippen LogP contribution is -2.31. The van der Waals surface area contributed by atoms with Gasteiger partial charge in [0.1, 0.15) is 0 Å². The highest BCUT2D eigenvalue weighted by Gasteiger charge is 2.22. The number of ether oxygens (including phenoxy) is 1. The highest BCUT2D eigenvalue weighted by Crippen LogP contribution is 2.25. The van der Waals surface area contributed by atoms with Crippen LogP contribution in [0, 0.1) is 0 Å². The van der Waals surface area contributed by atoms with Gasteiger partial charge >= 0.3 is 0 Å². The third-order valence-electron chi connectivity index (χ3n) is 2.60. The number of Topliss-reactive ketones (excluding diaryl/α,β-unsaturated/α-hetero) is 1. The van der Waals surface area contributed by atoms with E-state index in [9.17, 15) is 4.79 Å². The molecule has 1 aliphatic heterocycles. The van der Waals surface area contributed by atoms with Gasteiger partial charge in [0.2, 0.25) is 0 Å². The number of likely N-dealkylation sites (N-methyl/N-ethyl adjacent to an activating group) is 1. The van der Waals surface area contributed by atoms with Crippen LogP contribution in [0.15, 0.2) is 6.20 Å². The zero-order valence-corrected chi connectivity index (χ0v) is 9.71. The predicted octanol–water partition coefficient (Wildman–Crippen LogP) is 1.57. The third-order valence-corrected chi connectivity index (χ3v) is 3.78. The van der Waals surface area contributed by atoms with Gasteiger partial charge in [-0.3, -0.25) is 4.79 Å². The molecule has 1 aromatic heterocycles. The molecule has 5 heteroatoms. The van der Waals surface area contributed by atoms with E-state index < -0.39 is 0 Å². The topological polar surface area (TPSA) is 42.4 Å². The van der Waals surface area contributed by atoms with Crippen molar-refractivity contribution in [3.8, 4) is 0 Å². The first-order valence-corrected chi connectivity index (χ1v) is 5.77. The first kappa shape index (κ1) is 10.6. The van der Waals surface area contributed by atoms with Crippen LogP contribution in [0.2, 0.25) is 0 Å². The normalized spacial score (nSPS) is 20.5. The summed E-state index contributed by atoms with van der Waals surface area (Å²) < 4.78 is 5.32. The molecule has 0 bridgehead atoms. The van der Waals surface area contributed by atoms with Gasteiger partial charge in [0.05, 0.1) is 23.7 Å². The van der Waals surface area contributed by atoms with Gasteiger partial charge in [-0.05, 0) is 6.42 Å². The van der Waals surface area contributed by atoms with Crippen LogP contribution in [0.5, 0.6) is 0 Å². The maximum atomic E-state index is 11.1. The summed E-state index contributed by atoms with van der Waals surface area (Å²) in [5.74, 6) is 0.0785. The van der Waals surface area contributed by atoms with Gasteiger partial charge in [0.15, 0.2) is 10.9 Å². The lowest BCUT2D eigenvalue weighted by Gasteiger charge is -2.21. The Morgan fingerprint density at radius 2 is 2.53 bits per heavy atom. The molecule has 1 fully saturated rings. The fraction of sp³-hybridized carbons (Fsp3) is 0.600. The summed E-state index contributed by atoms with van der Waals surface area (Å²) in [4.78, 5) is 18.2. The largest absolute Gasteiger partial charge is 0.379 e. The minimum atomic E-state index is 0.0785. The first-order valence-electron chi connectivity index (χ1n) is 4.96. The number of carbonyl (C=O) groups is 1. The van der Waals surface area contributed by atoms with E-state index in [0.29, 0.717) is 6.04 Å². The fourth-order valence-electron chi connectivity index (χ4n) is 1.57. The molecule has 1 aromatic rings. The van der Waals surface area contributed by atoms with Crippen molar-refractivity contribution in [3.05, 3.63) is 11.1 Å². The molecule has 1 unspecified atom stereocenters. The lowest BCUT2D eigenvalue weighted by atomic mass is 10.2. The first-order chi connectivity index (χ1) is 7.18. The van der Waals surface area contributed by atoms with Crippen molar-refractivity contribution in [1.82, 2.24) is 4.98 Å². The number of aromatic nitrogens is 1. The fourth-order valence-corrected chi connectivity index (χ4v) is 2.42. The zero-order chi connectivity index (χ0) is 10.8. The number of ketones is 1. The number of nitrogens with zero attached hydrogens (tertiary/aromatic N) is 2. The molecular formula is C10H14N2O2S. The number of carbonyl (C=O) groups excluding carboxylic acids is 1. The Morgan fingerprint density at radius 1 is 1.73 bits per heavy atom. The SMILES string of the molecule is CC(=O)c1cnc(N(C)C2CCOC2)s1. The molecule has 0 N–H and O–H groups in total. The Balaban J connectivity index is 2.10. The van der Waals surface area contributed by atoms with Crippen LogP contribution >= 0.6 is 11.3 Å². The zero-order valence-electron chi connectivity index (χ0n) is 8.90. The Kier molecular flexibility index (Phi) is 3.02. The van der Waals surface area contributed by atoms with E-state index in [1.807, 2.05) is 7.05 Å². The maximum Gasteiger partial charge on any atom is 0.186 e. The molecule has 82 valence electrons. The van der Waals surface area contributed by atoms with Gasteiger partial charge in [-0.15, -0.1) is 0 Å². The van der Waals surface area contributed by atoms with Crippen LogP contribution in [-0.4, -0.2) is 37.1 Å². The highest BCUT2D eigenvalue weighted by molar-refractivity contribution is 7.17.